The molecule has 2 aromatic heterocycles. The molecule has 0 aliphatic heterocycles. The van der Waals surface area contributed by atoms with E-state index in [-0.39, 0.29) is 0 Å². The maximum absolute atomic E-state index is 5.48. The van der Waals surface area contributed by atoms with Crippen LogP contribution < -0.4 is 10.6 Å². The monoisotopic (exact) mass is 253 g/mol. The lowest BCUT2D eigenvalue weighted by Gasteiger charge is -2.08. The third-order valence-electron chi connectivity index (χ3n) is 2.36. The van der Waals surface area contributed by atoms with E-state index in [1.165, 1.54) is 0 Å². The minimum absolute atomic E-state index is 0.458. The van der Waals surface area contributed by atoms with Crippen molar-refractivity contribution in [3.8, 4) is 11.6 Å². The number of hydrogen-bond donors (Lipinski definition) is 1. The molecule has 7 heteroatoms. The van der Waals surface area contributed by atoms with Crippen LogP contribution in [0.1, 0.15) is 11.9 Å². The van der Waals surface area contributed by atoms with Gasteiger partial charge < -0.3 is 15.2 Å². The zero-order chi connectivity index (χ0) is 12.3. The van der Waals surface area contributed by atoms with E-state index < -0.39 is 0 Å². The van der Waals surface area contributed by atoms with Crippen LogP contribution in [-0.2, 0) is 6.42 Å². The summed E-state index contributed by atoms with van der Waals surface area (Å²) >= 11 is 1.56. The van der Waals surface area contributed by atoms with E-state index in [9.17, 15) is 0 Å². The highest BCUT2D eigenvalue weighted by molar-refractivity contribution is 7.09. The van der Waals surface area contributed by atoms with Crippen LogP contribution in [0, 0.1) is 0 Å². The molecule has 6 nitrogen and oxygen atoms in total. The van der Waals surface area contributed by atoms with Crippen LogP contribution in [0.3, 0.4) is 0 Å². The Morgan fingerprint density at radius 3 is 3.00 bits per heavy atom. The van der Waals surface area contributed by atoms with Crippen LogP contribution in [0.5, 0.6) is 0 Å². The lowest BCUT2D eigenvalue weighted by Crippen LogP contribution is -2.16. The minimum Gasteiger partial charge on any atom is -0.342 e. The van der Waals surface area contributed by atoms with Gasteiger partial charge in [-0.3, -0.25) is 0 Å². The Morgan fingerprint density at radius 1 is 1.47 bits per heavy atom. The Bertz CT molecular complexity index is 481. The van der Waals surface area contributed by atoms with E-state index in [4.69, 9.17) is 10.3 Å². The third kappa shape index (κ3) is 2.62. The van der Waals surface area contributed by atoms with Gasteiger partial charge in [0, 0.05) is 25.4 Å². The zero-order valence-corrected chi connectivity index (χ0v) is 10.7. The van der Waals surface area contributed by atoms with Crippen LogP contribution in [0.4, 0.5) is 5.95 Å². The van der Waals surface area contributed by atoms with Crippen LogP contribution >= 0.6 is 11.3 Å². The van der Waals surface area contributed by atoms with Gasteiger partial charge in [-0.2, -0.15) is 4.98 Å². The smallest absolute Gasteiger partial charge is 0.278 e. The second kappa shape index (κ2) is 5.24. The first-order valence-corrected chi connectivity index (χ1v) is 6.32. The Morgan fingerprint density at radius 2 is 2.29 bits per heavy atom. The summed E-state index contributed by atoms with van der Waals surface area (Å²) in [5, 5.41) is 6.80. The quantitative estimate of drug-likeness (QED) is 0.861. The first kappa shape index (κ1) is 12.0. The van der Waals surface area contributed by atoms with Crippen molar-refractivity contribution in [1.82, 2.24) is 15.1 Å². The fraction of sp³-hybridized carbons (Fsp3) is 0.500. The van der Waals surface area contributed by atoms with Crippen LogP contribution in [-0.4, -0.2) is 35.3 Å². The van der Waals surface area contributed by atoms with Gasteiger partial charge in [0.25, 0.3) is 11.8 Å². The molecule has 0 fully saturated rings. The van der Waals surface area contributed by atoms with Crippen molar-refractivity contribution in [2.75, 3.05) is 25.0 Å². The lowest BCUT2D eigenvalue weighted by molar-refractivity contribution is 0.429. The third-order valence-corrected chi connectivity index (χ3v) is 3.27. The SMILES string of the molecule is CCN(C)c1noc(-c2csc(CCN)n2)n1. The zero-order valence-electron chi connectivity index (χ0n) is 9.88. The predicted molar refractivity (Wildman–Crippen MR) is 67.1 cm³/mol. The molecule has 0 bridgehead atoms. The number of hydrogen-bond acceptors (Lipinski definition) is 7. The van der Waals surface area contributed by atoms with E-state index in [2.05, 4.69) is 15.1 Å². The molecule has 0 aromatic carbocycles. The van der Waals surface area contributed by atoms with E-state index in [0.717, 1.165) is 23.7 Å². The van der Waals surface area contributed by atoms with Crippen molar-refractivity contribution in [3.63, 3.8) is 0 Å². The Hall–Kier alpha value is -1.47. The van der Waals surface area contributed by atoms with Gasteiger partial charge >= 0.3 is 0 Å². The van der Waals surface area contributed by atoms with Gasteiger partial charge in [-0.25, -0.2) is 4.98 Å². The van der Waals surface area contributed by atoms with Crippen LogP contribution in [0.25, 0.3) is 11.6 Å². The summed E-state index contributed by atoms with van der Waals surface area (Å²) in [6, 6.07) is 0. The van der Waals surface area contributed by atoms with Crippen molar-refractivity contribution >= 4 is 17.3 Å². The summed E-state index contributed by atoms with van der Waals surface area (Å²) in [6.07, 6.45) is 0.778. The van der Waals surface area contributed by atoms with E-state index >= 15 is 0 Å². The summed E-state index contributed by atoms with van der Waals surface area (Å²) in [4.78, 5) is 10.6. The largest absolute Gasteiger partial charge is 0.342 e. The van der Waals surface area contributed by atoms with Crippen molar-refractivity contribution in [2.24, 2.45) is 5.73 Å². The standard InChI is InChI=1S/C10H15N5OS/c1-3-15(2)10-13-9(16-14-10)7-6-17-8(12-7)4-5-11/h6H,3-5,11H2,1-2H3. The lowest BCUT2D eigenvalue weighted by atomic mass is 10.4. The second-order valence-corrected chi connectivity index (χ2v) is 4.52. The summed E-state index contributed by atoms with van der Waals surface area (Å²) in [5.74, 6) is 1.04. The molecule has 0 saturated heterocycles. The van der Waals surface area contributed by atoms with Gasteiger partial charge in [-0.15, -0.1) is 11.3 Å². The second-order valence-electron chi connectivity index (χ2n) is 3.58. The van der Waals surface area contributed by atoms with Gasteiger partial charge in [0.2, 0.25) is 0 Å². The fourth-order valence-electron chi connectivity index (χ4n) is 1.26. The normalized spacial score (nSPS) is 10.8. The molecule has 0 atom stereocenters. The topological polar surface area (TPSA) is 81.1 Å². The number of anilines is 1. The van der Waals surface area contributed by atoms with Gasteiger partial charge in [-0.1, -0.05) is 0 Å². The summed E-state index contributed by atoms with van der Waals surface area (Å²) in [7, 11) is 1.91. The summed E-state index contributed by atoms with van der Waals surface area (Å²) in [6.45, 7) is 3.45. The molecule has 0 aliphatic carbocycles. The van der Waals surface area contributed by atoms with Gasteiger partial charge in [-0.05, 0) is 18.6 Å². The Balaban J connectivity index is 2.18. The van der Waals surface area contributed by atoms with Crippen molar-refractivity contribution < 1.29 is 4.52 Å². The summed E-state index contributed by atoms with van der Waals surface area (Å²) < 4.78 is 5.18. The molecular formula is C10H15N5OS. The van der Waals surface area contributed by atoms with Crippen molar-refractivity contribution in [2.45, 2.75) is 13.3 Å². The average Bonchev–Trinajstić information content (AvgIpc) is 2.96. The Kier molecular flexibility index (Phi) is 3.70. The molecule has 92 valence electrons. The molecule has 2 N–H and O–H groups in total. The first-order chi connectivity index (χ1) is 8.24. The van der Waals surface area contributed by atoms with E-state index in [0.29, 0.717) is 18.4 Å². The van der Waals surface area contributed by atoms with E-state index in [1.54, 1.807) is 11.3 Å². The molecule has 17 heavy (non-hydrogen) atoms. The van der Waals surface area contributed by atoms with Gasteiger partial charge in [0.15, 0.2) is 0 Å². The minimum atomic E-state index is 0.458. The highest BCUT2D eigenvalue weighted by atomic mass is 32.1. The first-order valence-electron chi connectivity index (χ1n) is 5.44. The molecule has 2 heterocycles. The van der Waals surface area contributed by atoms with Gasteiger partial charge in [0.1, 0.15) is 5.69 Å². The highest BCUT2D eigenvalue weighted by Crippen LogP contribution is 2.22. The molecule has 0 radical (unpaired) electrons. The Labute approximate surface area is 103 Å². The van der Waals surface area contributed by atoms with E-state index in [1.807, 2.05) is 24.3 Å². The number of thiazole rings is 1. The molecule has 0 amide bonds. The summed E-state index contributed by atoms with van der Waals surface area (Å²) in [5.41, 5.74) is 6.20. The number of nitrogens with zero attached hydrogens (tertiary/aromatic N) is 4. The molecule has 0 unspecified atom stereocenters. The van der Waals surface area contributed by atoms with Gasteiger partial charge in [0.05, 0.1) is 5.01 Å². The fourth-order valence-corrected chi connectivity index (χ4v) is 2.05. The number of aromatic nitrogens is 3. The molecule has 0 spiro atoms. The molecular weight excluding hydrogens is 238 g/mol. The molecule has 0 aliphatic rings. The number of nitrogens with two attached hydrogens (primary N) is 1. The molecule has 0 saturated carbocycles. The van der Waals surface area contributed by atoms with Crippen LogP contribution in [0.15, 0.2) is 9.90 Å². The maximum atomic E-state index is 5.48. The molecule has 2 aromatic rings. The molecule has 2 rings (SSSR count). The van der Waals surface area contributed by atoms with Crippen molar-refractivity contribution in [1.29, 1.82) is 0 Å². The predicted octanol–water partition coefficient (Wildman–Crippen LogP) is 1.15. The highest BCUT2D eigenvalue weighted by Gasteiger charge is 2.13. The number of rotatable bonds is 5. The average molecular weight is 253 g/mol. The van der Waals surface area contributed by atoms with Crippen LogP contribution in [0.2, 0.25) is 0 Å². The maximum Gasteiger partial charge on any atom is 0.278 e. The van der Waals surface area contributed by atoms with Crippen molar-refractivity contribution in [3.05, 3.63) is 10.4 Å².